The standard InChI is InChI=1S/C15H27F2N3O2/c1-2-20(10-13-4-3-9-22-13)15(21)18-12-5-7-19(8-6-12)11-14(16)17/h12-14H,2-11H2,1H3,(H,18,21)/t13-/m1/s1. The molecular weight excluding hydrogens is 292 g/mol. The Balaban J connectivity index is 1.71. The van der Waals surface area contributed by atoms with Crippen molar-refractivity contribution in [1.82, 2.24) is 15.1 Å². The van der Waals surface area contributed by atoms with Crippen LogP contribution in [-0.4, -0.2) is 73.7 Å². The van der Waals surface area contributed by atoms with E-state index < -0.39 is 6.43 Å². The van der Waals surface area contributed by atoms with Gasteiger partial charge in [0, 0.05) is 38.8 Å². The zero-order valence-electron chi connectivity index (χ0n) is 13.3. The van der Waals surface area contributed by atoms with Gasteiger partial charge in [0.25, 0.3) is 6.43 Å². The zero-order valence-corrected chi connectivity index (χ0v) is 13.3. The lowest BCUT2D eigenvalue weighted by Crippen LogP contribution is -2.51. The van der Waals surface area contributed by atoms with Crippen LogP contribution in [0.25, 0.3) is 0 Å². The summed E-state index contributed by atoms with van der Waals surface area (Å²) in [5, 5.41) is 3.03. The van der Waals surface area contributed by atoms with Crippen LogP contribution in [0.4, 0.5) is 13.6 Å². The topological polar surface area (TPSA) is 44.8 Å². The summed E-state index contributed by atoms with van der Waals surface area (Å²) in [7, 11) is 0. The zero-order chi connectivity index (χ0) is 15.9. The Bertz CT molecular complexity index is 344. The van der Waals surface area contributed by atoms with Crippen molar-refractivity contribution in [3.63, 3.8) is 0 Å². The molecule has 0 saturated carbocycles. The highest BCUT2D eigenvalue weighted by molar-refractivity contribution is 5.74. The molecule has 0 aromatic heterocycles. The highest BCUT2D eigenvalue weighted by Gasteiger charge is 2.26. The van der Waals surface area contributed by atoms with E-state index >= 15 is 0 Å². The molecular formula is C15H27F2N3O2. The smallest absolute Gasteiger partial charge is 0.317 e. The van der Waals surface area contributed by atoms with E-state index in [1.165, 1.54) is 0 Å². The van der Waals surface area contributed by atoms with Gasteiger partial charge >= 0.3 is 6.03 Å². The maximum atomic E-state index is 12.3. The fourth-order valence-corrected chi connectivity index (χ4v) is 3.11. The lowest BCUT2D eigenvalue weighted by molar-refractivity contribution is 0.0703. The molecule has 1 N–H and O–H groups in total. The molecule has 5 nitrogen and oxygen atoms in total. The first-order valence-electron chi connectivity index (χ1n) is 8.26. The van der Waals surface area contributed by atoms with E-state index in [2.05, 4.69) is 5.32 Å². The number of rotatable bonds is 6. The molecule has 2 heterocycles. The van der Waals surface area contributed by atoms with Crippen molar-refractivity contribution in [2.24, 2.45) is 0 Å². The lowest BCUT2D eigenvalue weighted by atomic mass is 10.1. The Hall–Kier alpha value is -0.950. The normalized spacial score (nSPS) is 23.9. The van der Waals surface area contributed by atoms with Gasteiger partial charge in [-0.1, -0.05) is 0 Å². The summed E-state index contributed by atoms with van der Waals surface area (Å²) in [6.45, 7) is 5.09. The minimum atomic E-state index is -2.28. The molecule has 2 aliphatic heterocycles. The number of nitrogens with one attached hydrogen (secondary N) is 1. The number of halogens is 2. The average molecular weight is 319 g/mol. The van der Waals surface area contributed by atoms with Gasteiger partial charge in [-0.25, -0.2) is 13.6 Å². The number of piperidine rings is 1. The summed E-state index contributed by atoms with van der Waals surface area (Å²) in [4.78, 5) is 15.9. The first-order valence-corrected chi connectivity index (χ1v) is 8.26. The van der Waals surface area contributed by atoms with E-state index in [-0.39, 0.29) is 24.7 Å². The number of nitrogens with zero attached hydrogens (tertiary/aromatic N) is 2. The summed E-state index contributed by atoms with van der Waals surface area (Å²) in [6.07, 6.45) is 1.40. The minimum Gasteiger partial charge on any atom is -0.376 e. The summed E-state index contributed by atoms with van der Waals surface area (Å²) in [5.74, 6) is 0. The van der Waals surface area contributed by atoms with Gasteiger partial charge < -0.3 is 15.0 Å². The molecule has 128 valence electrons. The highest BCUT2D eigenvalue weighted by atomic mass is 19.3. The largest absolute Gasteiger partial charge is 0.376 e. The molecule has 2 saturated heterocycles. The van der Waals surface area contributed by atoms with Crippen LogP contribution in [0.2, 0.25) is 0 Å². The third kappa shape index (κ3) is 5.35. The van der Waals surface area contributed by atoms with Crippen LogP contribution in [0.5, 0.6) is 0 Å². The summed E-state index contributed by atoms with van der Waals surface area (Å²) < 4.78 is 30.3. The Morgan fingerprint density at radius 3 is 2.64 bits per heavy atom. The molecule has 2 rings (SSSR count). The first-order chi connectivity index (χ1) is 10.6. The monoisotopic (exact) mass is 319 g/mol. The molecule has 0 aliphatic carbocycles. The van der Waals surface area contributed by atoms with Crippen LogP contribution in [0.3, 0.4) is 0 Å². The molecule has 2 amide bonds. The van der Waals surface area contributed by atoms with Crippen LogP contribution in [0.1, 0.15) is 32.6 Å². The van der Waals surface area contributed by atoms with Gasteiger partial charge in [-0.05, 0) is 32.6 Å². The summed E-state index contributed by atoms with van der Waals surface area (Å²) in [6, 6.07) is 0.0188. The van der Waals surface area contributed by atoms with Crippen molar-refractivity contribution in [3.8, 4) is 0 Å². The Kier molecular flexibility index (Phi) is 6.82. The number of urea groups is 1. The Morgan fingerprint density at radius 2 is 2.09 bits per heavy atom. The molecule has 2 fully saturated rings. The molecule has 0 aromatic rings. The SMILES string of the molecule is CCN(C[C@H]1CCCO1)C(=O)NC1CCN(CC(F)F)CC1. The molecule has 0 radical (unpaired) electrons. The molecule has 0 unspecified atom stereocenters. The van der Waals surface area contributed by atoms with Gasteiger partial charge in [0.1, 0.15) is 0 Å². The van der Waals surface area contributed by atoms with Crippen molar-refractivity contribution in [1.29, 1.82) is 0 Å². The van der Waals surface area contributed by atoms with Crippen LogP contribution >= 0.6 is 0 Å². The van der Waals surface area contributed by atoms with Gasteiger partial charge in [-0.2, -0.15) is 0 Å². The third-order valence-corrected chi connectivity index (χ3v) is 4.43. The second kappa shape index (κ2) is 8.62. The second-order valence-electron chi connectivity index (χ2n) is 6.09. The predicted molar refractivity (Wildman–Crippen MR) is 80.2 cm³/mol. The van der Waals surface area contributed by atoms with Crippen LogP contribution < -0.4 is 5.32 Å². The molecule has 22 heavy (non-hydrogen) atoms. The van der Waals surface area contributed by atoms with Crippen molar-refractivity contribution < 1.29 is 18.3 Å². The van der Waals surface area contributed by atoms with E-state index in [9.17, 15) is 13.6 Å². The number of amides is 2. The number of carbonyl (C=O) groups excluding carboxylic acids is 1. The van der Waals surface area contributed by atoms with Gasteiger partial charge in [-0.3, -0.25) is 4.90 Å². The number of hydrogen-bond acceptors (Lipinski definition) is 3. The number of likely N-dealkylation sites (tertiary alicyclic amines) is 1. The highest BCUT2D eigenvalue weighted by Crippen LogP contribution is 2.15. The number of carbonyl (C=O) groups is 1. The number of ether oxygens (including phenoxy) is 1. The second-order valence-corrected chi connectivity index (χ2v) is 6.09. The molecule has 0 spiro atoms. The molecule has 7 heteroatoms. The fraction of sp³-hybridized carbons (Fsp3) is 0.933. The third-order valence-electron chi connectivity index (χ3n) is 4.43. The number of likely N-dealkylation sites (N-methyl/N-ethyl adjacent to an activating group) is 1. The van der Waals surface area contributed by atoms with Crippen molar-refractivity contribution >= 4 is 6.03 Å². The quantitative estimate of drug-likeness (QED) is 0.813. The summed E-state index contributed by atoms with van der Waals surface area (Å²) in [5.41, 5.74) is 0. The van der Waals surface area contributed by atoms with Crippen molar-refractivity contribution in [2.75, 3.05) is 39.3 Å². The van der Waals surface area contributed by atoms with Crippen LogP contribution in [0, 0.1) is 0 Å². The van der Waals surface area contributed by atoms with Crippen molar-refractivity contribution in [2.45, 2.75) is 51.2 Å². The van der Waals surface area contributed by atoms with E-state index in [0.717, 1.165) is 32.3 Å². The van der Waals surface area contributed by atoms with Gasteiger partial charge in [-0.15, -0.1) is 0 Å². The Labute approximate surface area is 131 Å². The van der Waals surface area contributed by atoms with Crippen molar-refractivity contribution in [3.05, 3.63) is 0 Å². The van der Waals surface area contributed by atoms with Gasteiger partial charge in [0.15, 0.2) is 0 Å². The number of alkyl halides is 2. The average Bonchev–Trinajstić information content (AvgIpc) is 2.99. The van der Waals surface area contributed by atoms with E-state index in [1.807, 2.05) is 6.92 Å². The van der Waals surface area contributed by atoms with E-state index in [1.54, 1.807) is 9.80 Å². The maximum Gasteiger partial charge on any atom is 0.317 e. The minimum absolute atomic E-state index is 0.0645. The lowest BCUT2D eigenvalue weighted by Gasteiger charge is -2.33. The van der Waals surface area contributed by atoms with Crippen LogP contribution in [-0.2, 0) is 4.74 Å². The molecule has 1 atom stereocenters. The molecule has 0 bridgehead atoms. The Morgan fingerprint density at radius 1 is 1.36 bits per heavy atom. The summed E-state index contributed by atoms with van der Waals surface area (Å²) >= 11 is 0. The van der Waals surface area contributed by atoms with Crippen LogP contribution in [0.15, 0.2) is 0 Å². The predicted octanol–water partition coefficient (Wildman–Crippen LogP) is 1.93. The molecule has 2 aliphatic rings. The number of hydrogen-bond donors (Lipinski definition) is 1. The van der Waals surface area contributed by atoms with E-state index in [0.29, 0.717) is 26.2 Å². The maximum absolute atomic E-state index is 12.3. The van der Waals surface area contributed by atoms with Gasteiger partial charge in [0.05, 0.1) is 12.6 Å². The van der Waals surface area contributed by atoms with Gasteiger partial charge in [0.2, 0.25) is 0 Å². The molecule has 0 aromatic carbocycles. The fourth-order valence-electron chi connectivity index (χ4n) is 3.11. The van der Waals surface area contributed by atoms with E-state index in [4.69, 9.17) is 4.74 Å². The first kappa shape index (κ1) is 17.4.